The maximum Gasteiger partial charge on any atom is 0.0429 e. The molecule has 2 nitrogen and oxygen atoms in total. The van der Waals surface area contributed by atoms with E-state index in [1.807, 2.05) is 0 Å². The second-order valence-electron chi connectivity index (χ2n) is 5.24. The molecule has 2 heterocycles. The monoisotopic (exact) mass is 294 g/mol. The zero-order chi connectivity index (χ0) is 11.8. The Morgan fingerprint density at radius 2 is 2.18 bits per heavy atom. The molecule has 3 heteroatoms. The van der Waals surface area contributed by atoms with Gasteiger partial charge in [-0.15, -0.1) is 0 Å². The highest BCUT2D eigenvalue weighted by Gasteiger charge is 2.37. The Bertz CT molecular complexity index is 419. The fourth-order valence-electron chi connectivity index (χ4n) is 3.20. The summed E-state index contributed by atoms with van der Waals surface area (Å²) in [6.07, 6.45) is 4.03. The Morgan fingerprint density at radius 3 is 3.06 bits per heavy atom. The third kappa shape index (κ3) is 2.23. The van der Waals surface area contributed by atoms with E-state index in [-0.39, 0.29) is 0 Å². The predicted octanol–water partition coefficient (Wildman–Crippen LogP) is 3.41. The fraction of sp³-hybridized carbons (Fsp3) is 0.571. The summed E-state index contributed by atoms with van der Waals surface area (Å²) in [6.45, 7) is 4.76. The number of rotatable bonds is 2. The van der Waals surface area contributed by atoms with Gasteiger partial charge in [0, 0.05) is 28.8 Å². The summed E-state index contributed by atoms with van der Waals surface area (Å²) in [5, 5.41) is 3.75. The molecule has 2 atom stereocenters. The minimum absolute atomic E-state index is 0.644. The first kappa shape index (κ1) is 11.5. The molecule has 0 bridgehead atoms. The molecule has 2 aliphatic rings. The third-order valence-corrected chi connectivity index (χ3v) is 4.64. The van der Waals surface area contributed by atoms with Crippen molar-refractivity contribution in [1.82, 2.24) is 4.90 Å². The first-order valence-corrected chi connectivity index (χ1v) is 7.30. The minimum Gasteiger partial charge on any atom is -0.380 e. The zero-order valence-corrected chi connectivity index (χ0v) is 11.8. The predicted molar refractivity (Wildman–Crippen MR) is 75.5 cm³/mol. The molecule has 2 aliphatic heterocycles. The van der Waals surface area contributed by atoms with Crippen LogP contribution in [0.25, 0.3) is 0 Å². The smallest absolute Gasteiger partial charge is 0.0429 e. The Kier molecular flexibility index (Phi) is 3.14. The highest BCUT2D eigenvalue weighted by molar-refractivity contribution is 9.10. The average Bonchev–Trinajstić information content (AvgIpc) is 2.88. The van der Waals surface area contributed by atoms with Crippen molar-refractivity contribution in [1.29, 1.82) is 0 Å². The normalized spacial score (nSPS) is 28.4. The lowest BCUT2D eigenvalue weighted by Gasteiger charge is -2.23. The van der Waals surface area contributed by atoms with Crippen LogP contribution < -0.4 is 5.32 Å². The summed E-state index contributed by atoms with van der Waals surface area (Å²) in [5.74, 6) is 0. The Hall–Kier alpha value is -0.540. The molecule has 2 fully saturated rings. The molecule has 1 aromatic rings. The Labute approximate surface area is 112 Å². The Morgan fingerprint density at radius 1 is 1.29 bits per heavy atom. The maximum absolute atomic E-state index is 3.75. The number of benzene rings is 1. The summed E-state index contributed by atoms with van der Waals surface area (Å²) < 4.78 is 1.16. The van der Waals surface area contributed by atoms with Crippen LogP contribution in [0, 0.1) is 6.92 Å². The standard InChI is InChI=1S/C14H19BrN2/c1-10-4-5-11(15)9-13(10)16-12-6-8-17-7-2-3-14(12)17/h4-5,9,12,14,16H,2-3,6-8H2,1H3. The van der Waals surface area contributed by atoms with E-state index in [4.69, 9.17) is 0 Å². The quantitative estimate of drug-likeness (QED) is 0.899. The highest BCUT2D eigenvalue weighted by Crippen LogP contribution is 2.31. The number of nitrogens with one attached hydrogen (secondary N) is 1. The van der Waals surface area contributed by atoms with Gasteiger partial charge in [-0.2, -0.15) is 0 Å². The van der Waals surface area contributed by atoms with Crippen molar-refractivity contribution in [3.8, 4) is 0 Å². The molecular weight excluding hydrogens is 276 g/mol. The van der Waals surface area contributed by atoms with Crippen molar-refractivity contribution in [2.75, 3.05) is 18.4 Å². The van der Waals surface area contributed by atoms with Gasteiger partial charge in [-0.1, -0.05) is 22.0 Å². The van der Waals surface area contributed by atoms with Gasteiger partial charge in [-0.3, -0.25) is 4.90 Å². The molecule has 0 amide bonds. The first-order chi connectivity index (χ1) is 8.24. The van der Waals surface area contributed by atoms with Crippen LogP contribution in [-0.2, 0) is 0 Å². The summed E-state index contributed by atoms with van der Waals surface area (Å²) >= 11 is 3.55. The number of fused-ring (bicyclic) bond motifs is 1. The SMILES string of the molecule is Cc1ccc(Br)cc1NC1CCN2CCCC12. The lowest BCUT2D eigenvalue weighted by Crippen LogP contribution is -2.33. The van der Waals surface area contributed by atoms with Gasteiger partial charge in [0.1, 0.15) is 0 Å². The molecule has 1 N–H and O–H groups in total. The second kappa shape index (κ2) is 4.62. The maximum atomic E-state index is 3.75. The van der Waals surface area contributed by atoms with Gasteiger partial charge >= 0.3 is 0 Å². The zero-order valence-electron chi connectivity index (χ0n) is 10.2. The van der Waals surface area contributed by atoms with Crippen LogP contribution in [0.5, 0.6) is 0 Å². The van der Waals surface area contributed by atoms with Crippen LogP contribution in [0.1, 0.15) is 24.8 Å². The van der Waals surface area contributed by atoms with E-state index < -0.39 is 0 Å². The Balaban J connectivity index is 1.76. The van der Waals surface area contributed by atoms with E-state index in [1.165, 1.54) is 43.6 Å². The molecule has 0 radical (unpaired) electrons. The molecule has 17 heavy (non-hydrogen) atoms. The van der Waals surface area contributed by atoms with E-state index >= 15 is 0 Å². The van der Waals surface area contributed by atoms with Crippen molar-refractivity contribution in [3.63, 3.8) is 0 Å². The third-order valence-electron chi connectivity index (χ3n) is 4.15. The summed E-state index contributed by atoms with van der Waals surface area (Å²) in [5.41, 5.74) is 2.63. The van der Waals surface area contributed by atoms with Crippen LogP contribution in [-0.4, -0.2) is 30.1 Å². The fourth-order valence-corrected chi connectivity index (χ4v) is 3.56. The molecule has 3 rings (SSSR count). The van der Waals surface area contributed by atoms with Gasteiger partial charge in [0.2, 0.25) is 0 Å². The number of nitrogens with zero attached hydrogens (tertiary/aromatic N) is 1. The van der Waals surface area contributed by atoms with Gasteiger partial charge in [0.15, 0.2) is 0 Å². The first-order valence-electron chi connectivity index (χ1n) is 6.51. The van der Waals surface area contributed by atoms with Crippen molar-refractivity contribution < 1.29 is 0 Å². The van der Waals surface area contributed by atoms with Gasteiger partial charge in [-0.05, 0) is 50.4 Å². The lowest BCUT2D eigenvalue weighted by molar-refractivity contribution is 0.318. The van der Waals surface area contributed by atoms with Crippen LogP contribution in [0.2, 0.25) is 0 Å². The molecule has 0 saturated carbocycles. The van der Waals surface area contributed by atoms with Crippen molar-refractivity contribution in [2.45, 2.75) is 38.3 Å². The highest BCUT2D eigenvalue weighted by atomic mass is 79.9. The van der Waals surface area contributed by atoms with E-state index in [1.54, 1.807) is 0 Å². The topological polar surface area (TPSA) is 15.3 Å². The summed E-state index contributed by atoms with van der Waals surface area (Å²) in [4.78, 5) is 2.64. The van der Waals surface area contributed by atoms with Gasteiger partial charge < -0.3 is 5.32 Å². The van der Waals surface area contributed by atoms with E-state index in [0.29, 0.717) is 6.04 Å². The number of hydrogen-bond acceptors (Lipinski definition) is 2. The van der Waals surface area contributed by atoms with Gasteiger partial charge in [0.25, 0.3) is 0 Å². The molecule has 1 aromatic carbocycles. The van der Waals surface area contributed by atoms with Gasteiger partial charge in [0.05, 0.1) is 0 Å². The van der Waals surface area contributed by atoms with Crippen molar-refractivity contribution >= 4 is 21.6 Å². The largest absolute Gasteiger partial charge is 0.380 e. The van der Waals surface area contributed by atoms with Crippen LogP contribution >= 0.6 is 15.9 Å². The minimum atomic E-state index is 0.644. The van der Waals surface area contributed by atoms with Gasteiger partial charge in [-0.25, -0.2) is 0 Å². The van der Waals surface area contributed by atoms with Crippen molar-refractivity contribution in [2.24, 2.45) is 0 Å². The van der Waals surface area contributed by atoms with E-state index in [9.17, 15) is 0 Å². The molecular formula is C14H19BrN2. The van der Waals surface area contributed by atoms with Crippen LogP contribution in [0.3, 0.4) is 0 Å². The summed E-state index contributed by atoms with van der Waals surface area (Å²) in [6, 6.07) is 7.90. The van der Waals surface area contributed by atoms with Crippen molar-refractivity contribution in [3.05, 3.63) is 28.2 Å². The number of aryl methyl sites for hydroxylation is 1. The molecule has 2 saturated heterocycles. The lowest BCUT2D eigenvalue weighted by atomic mass is 10.1. The van der Waals surface area contributed by atoms with E-state index in [0.717, 1.165) is 10.5 Å². The average molecular weight is 295 g/mol. The van der Waals surface area contributed by atoms with E-state index in [2.05, 4.69) is 51.3 Å². The number of anilines is 1. The number of halogens is 1. The van der Waals surface area contributed by atoms with Crippen LogP contribution in [0.15, 0.2) is 22.7 Å². The summed E-state index contributed by atoms with van der Waals surface area (Å²) in [7, 11) is 0. The molecule has 92 valence electrons. The second-order valence-corrected chi connectivity index (χ2v) is 6.16. The molecule has 2 unspecified atom stereocenters. The molecule has 0 spiro atoms. The molecule has 0 aliphatic carbocycles. The molecule has 0 aromatic heterocycles. The van der Waals surface area contributed by atoms with Crippen LogP contribution in [0.4, 0.5) is 5.69 Å². The number of hydrogen-bond donors (Lipinski definition) is 1.